The van der Waals surface area contributed by atoms with Crippen molar-refractivity contribution in [3.8, 4) is 0 Å². The Kier molecular flexibility index (Phi) is 2.58. The highest BCUT2D eigenvalue weighted by Crippen LogP contribution is 1.97. The normalized spacial score (nSPS) is 11.8. The molecule has 0 N–H and O–H groups in total. The largest absolute Gasteiger partial charge is 0.240 e. The molecule has 0 bridgehead atoms. The topological polar surface area (TPSA) is 77.7 Å². The minimum atomic E-state index is -2.98. The number of aromatic nitrogens is 4. The lowest BCUT2D eigenvalue weighted by Crippen LogP contribution is -2.12. The fraction of sp³-hybridized carbons (Fsp3) is 0.750. The van der Waals surface area contributed by atoms with Crippen LogP contribution in [0.3, 0.4) is 0 Å². The fourth-order valence-corrected chi connectivity index (χ4v) is 1.26. The van der Waals surface area contributed by atoms with Crippen LogP contribution in [0.4, 0.5) is 0 Å². The molecule has 0 amide bonds. The Bertz CT molecular complexity index is 357. The van der Waals surface area contributed by atoms with Crippen LogP contribution >= 0.6 is 12.6 Å². The van der Waals surface area contributed by atoms with Gasteiger partial charge in [0.15, 0.2) is 0 Å². The van der Waals surface area contributed by atoms with Crippen LogP contribution in [0.2, 0.25) is 0 Å². The third kappa shape index (κ3) is 2.70. The molecule has 1 radical (unpaired) electrons. The molecule has 0 saturated carbocycles. The summed E-state index contributed by atoms with van der Waals surface area (Å²) in [6.45, 7) is 0.213. The molecule has 1 rings (SSSR count). The van der Waals surface area contributed by atoms with E-state index in [1.807, 2.05) is 0 Å². The first kappa shape index (κ1) is 9.33. The van der Waals surface area contributed by atoms with E-state index in [4.69, 9.17) is 12.6 Å². The lowest BCUT2D eigenvalue weighted by atomic mass is 10.8. The number of hydrogen-bond donors (Lipinski definition) is 0. The highest BCUT2D eigenvalue weighted by molar-refractivity contribution is 7.90. The number of rotatable bonds is 3. The standard InChI is InChI=1S/C4H7N4O2S2/c1-12(9,10)3-2-8-4(11)5-6-7-8/h2-3H2,1H3. The molecule has 1 heterocycles. The summed E-state index contributed by atoms with van der Waals surface area (Å²) >= 11 is 4.71. The second-order valence-corrected chi connectivity index (χ2v) is 4.94. The first-order valence-electron chi connectivity index (χ1n) is 3.10. The molecule has 12 heavy (non-hydrogen) atoms. The number of tetrazole rings is 1. The second-order valence-electron chi connectivity index (χ2n) is 2.31. The molecule has 0 spiro atoms. The SMILES string of the molecule is CS(=O)(=O)CCn1nnnc1[S]. The van der Waals surface area contributed by atoms with Crippen molar-refractivity contribution in [3.63, 3.8) is 0 Å². The van der Waals surface area contributed by atoms with E-state index in [9.17, 15) is 8.42 Å². The van der Waals surface area contributed by atoms with Crippen molar-refractivity contribution in [3.05, 3.63) is 0 Å². The Morgan fingerprint density at radius 3 is 2.67 bits per heavy atom. The molecule has 0 aliphatic carbocycles. The van der Waals surface area contributed by atoms with Gasteiger partial charge in [-0.05, 0) is 23.1 Å². The predicted molar refractivity (Wildman–Crippen MR) is 43.4 cm³/mol. The van der Waals surface area contributed by atoms with Crippen molar-refractivity contribution in [1.82, 2.24) is 20.2 Å². The average Bonchev–Trinajstić information content (AvgIpc) is 2.29. The van der Waals surface area contributed by atoms with Crippen molar-refractivity contribution in [2.24, 2.45) is 0 Å². The Morgan fingerprint density at radius 1 is 1.58 bits per heavy atom. The molecule has 8 heteroatoms. The minimum Gasteiger partial charge on any atom is -0.229 e. The lowest BCUT2D eigenvalue weighted by Gasteiger charge is -1.97. The molecular weight excluding hydrogens is 200 g/mol. The fourth-order valence-electron chi connectivity index (χ4n) is 0.589. The van der Waals surface area contributed by atoms with Gasteiger partial charge in [0, 0.05) is 6.26 Å². The van der Waals surface area contributed by atoms with Crippen molar-refractivity contribution in [1.29, 1.82) is 0 Å². The minimum absolute atomic E-state index is 0.00167. The molecule has 6 nitrogen and oxygen atoms in total. The van der Waals surface area contributed by atoms with E-state index in [1.54, 1.807) is 0 Å². The van der Waals surface area contributed by atoms with E-state index in [0.29, 0.717) is 0 Å². The summed E-state index contributed by atoms with van der Waals surface area (Å²) in [4.78, 5) is 0. The van der Waals surface area contributed by atoms with Gasteiger partial charge in [-0.3, -0.25) is 0 Å². The van der Waals surface area contributed by atoms with E-state index in [0.717, 1.165) is 6.26 Å². The van der Waals surface area contributed by atoms with Gasteiger partial charge in [-0.2, -0.15) is 0 Å². The van der Waals surface area contributed by atoms with E-state index in [-0.39, 0.29) is 17.5 Å². The number of sulfone groups is 1. The molecule has 0 aromatic carbocycles. The molecule has 0 fully saturated rings. The maximum atomic E-state index is 10.7. The summed E-state index contributed by atoms with van der Waals surface area (Å²) in [5, 5.41) is 10.4. The highest BCUT2D eigenvalue weighted by Gasteiger charge is 2.06. The van der Waals surface area contributed by atoms with Crippen LogP contribution in [0, 0.1) is 0 Å². The third-order valence-corrected chi connectivity index (χ3v) is 2.39. The van der Waals surface area contributed by atoms with E-state index >= 15 is 0 Å². The van der Waals surface area contributed by atoms with Crippen molar-refractivity contribution >= 4 is 22.5 Å². The first-order valence-corrected chi connectivity index (χ1v) is 5.57. The second kappa shape index (κ2) is 3.31. The van der Waals surface area contributed by atoms with Gasteiger partial charge in [-0.15, -0.1) is 0 Å². The Hall–Kier alpha value is -0.760. The van der Waals surface area contributed by atoms with Gasteiger partial charge in [0.05, 0.1) is 12.3 Å². The zero-order chi connectivity index (χ0) is 9.19. The zero-order valence-corrected chi connectivity index (χ0v) is 7.97. The summed E-state index contributed by atoms with van der Waals surface area (Å²) in [5.74, 6) is 0.00167. The molecule has 0 saturated heterocycles. The summed E-state index contributed by atoms with van der Waals surface area (Å²) in [7, 11) is -2.98. The highest BCUT2D eigenvalue weighted by atomic mass is 32.2. The van der Waals surface area contributed by atoms with Crippen molar-refractivity contribution in [2.75, 3.05) is 12.0 Å². The predicted octanol–water partition coefficient (Wildman–Crippen LogP) is -0.726. The van der Waals surface area contributed by atoms with Crippen LogP contribution in [0.1, 0.15) is 0 Å². The van der Waals surface area contributed by atoms with Crippen LogP contribution < -0.4 is 0 Å². The molecule has 67 valence electrons. The van der Waals surface area contributed by atoms with Gasteiger partial charge in [0.2, 0.25) is 5.16 Å². The van der Waals surface area contributed by atoms with Gasteiger partial charge in [-0.1, -0.05) is 5.10 Å². The quantitative estimate of drug-likeness (QED) is 0.653. The summed E-state index contributed by atoms with van der Waals surface area (Å²) in [5.41, 5.74) is 0. The van der Waals surface area contributed by atoms with Crippen LogP contribution in [0.25, 0.3) is 0 Å². The maximum absolute atomic E-state index is 10.7. The van der Waals surface area contributed by atoms with Gasteiger partial charge >= 0.3 is 0 Å². The van der Waals surface area contributed by atoms with Gasteiger partial charge in [0.1, 0.15) is 9.84 Å². The van der Waals surface area contributed by atoms with E-state index in [2.05, 4.69) is 15.5 Å². The monoisotopic (exact) mass is 207 g/mol. The molecule has 1 aromatic rings. The van der Waals surface area contributed by atoms with Crippen LogP contribution in [0.5, 0.6) is 0 Å². The zero-order valence-electron chi connectivity index (χ0n) is 6.34. The van der Waals surface area contributed by atoms with E-state index in [1.165, 1.54) is 4.68 Å². The third-order valence-electron chi connectivity index (χ3n) is 1.17. The first-order chi connectivity index (χ1) is 5.49. The van der Waals surface area contributed by atoms with Gasteiger partial charge < -0.3 is 0 Å². The Morgan fingerprint density at radius 2 is 2.25 bits per heavy atom. The lowest BCUT2D eigenvalue weighted by molar-refractivity contribution is 0.560. The van der Waals surface area contributed by atoms with E-state index < -0.39 is 9.84 Å². The van der Waals surface area contributed by atoms with Crippen LogP contribution in [0.15, 0.2) is 5.16 Å². The van der Waals surface area contributed by atoms with Crippen LogP contribution in [-0.2, 0) is 16.4 Å². The maximum Gasteiger partial charge on any atom is 0.240 e. The number of aryl methyl sites for hydroxylation is 1. The summed E-state index contributed by atoms with van der Waals surface area (Å²) < 4.78 is 22.7. The number of nitrogens with zero attached hydrogens (tertiary/aromatic N) is 4. The smallest absolute Gasteiger partial charge is 0.229 e. The Labute approximate surface area is 75.3 Å². The van der Waals surface area contributed by atoms with Crippen molar-refractivity contribution in [2.45, 2.75) is 11.7 Å². The van der Waals surface area contributed by atoms with Gasteiger partial charge in [0.25, 0.3) is 0 Å². The molecule has 0 unspecified atom stereocenters. The molecule has 0 atom stereocenters. The Balaban J connectivity index is 2.61. The molecule has 1 aromatic heterocycles. The summed E-state index contributed by atoms with van der Waals surface area (Å²) in [6, 6.07) is 0. The van der Waals surface area contributed by atoms with Gasteiger partial charge in [-0.25, -0.2) is 13.1 Å². The van der Waals surface area contributed by atoms with Crippen LogP contribution in [-0.4, -0.2) is 40.6 Å². The average molecular weight is 207 g/mol. The molecule has 0 aliphatic heterocycles. The number of hydrogen-bond acceptors (Lipinski definition) is 5. The molecular formula is C4H7N4O2S2. The van der Waals surface area contributed by atoms with Crippen molar-refractivity contribution < 1.29 is 8.42 Å². The molecule has 0 aliphatic rings. The summed E-state index contributed by atoms with van der Waals surface area (Å²) in [6.07, 6.45) is 1.15.